The van der Waals surface area contributed by atoms with Crippen LogP contribution in [-0.2, 0) is 6.18 Å². The van der Waals surface area contributed by atoms with E-state index in [4.69, 9.17) is 11.6 Å². The Bertz CT molecular complexity index is 596. The van der Waals surface area contributed by atoms with Gasteiger partial charge in [-0.1, -0.05) is 11.6 Å². The first-order valence-corrected chi connectivity index (χ1v) is 5.42. The molecule has 0 spiro atoms. The van der Waals surface area contributed by atoms with Gasteiger partial charge in [-0.2, -0.15) is 18.3 Å². The second-order valence-electron chi connectivity index (χ2n) is 3.63. The molecule has 1 heterocycles. The van der Waals surface area contributed by atoms with E-state index in [0.29, 0.717) is 0 Å². The number of alkyl halides is 3. The zero-order valence-electron chi connectivity index (χ0n) is 9.25. The quantitative estimate of drug-likeness (QED) is 0.891. The molecule has 1 aromatic heterocycles. The van der Waals surface area contributed by atoms with Gasteiger partial charge in [0.25, 0.3) is 5.91 Å². The van der Waals surface area contributed by atoms with Crippen LogP contribution in [0.15, 0.2) is 30.6 Å². The van der Waals surface area contributed by atoms with Crippen molar-refractivity contribution in [3.8, 4) is 0 Å². The molecule has 1 aromatic carbocycles. The maximum absolute atomic E-state index is 12.4. The maximum atomic E-state index is 12.4. The minimum absolute atomic E-state index is 0.0980. The Morgan fingerprint density at radius 2 is 2.11 bits per heavy atom. The highest BCUT2D eigenvalue weighted by atomic mass is 35.5. The Morgan fingerprint density at radius 1 is 1.37 bits per heavy atom. The molecule has 19 heavy (non-hydrogen) atoms. The van der Waals surface area contributed by atoms with Crippen LogP contribution in [0.2, 0.25) is 5.02 Å². The van der Waals surface area contributed by atoms with Crippen LogP contribution in [0.25, 0.3) is 0 Å². The molecule has 8 heteroatoms. The Hall–Kier alpha value is -2.02. The van der Waals surface area contributed by atoms with Gasteiger partial charge in [-0.15, -0.1) is 0 Å². The van der Waals surface area contributed by atoms with Crippen LogP contribution < -0.4 is 5.32 Å². The lowest BCUT2D eigenvalue weighted by Gasteiger charge is -2.10. The van der Waals surface area contributed by atoms with Gasteiger partial charge in [0.1, 0.15) is 0 Å². The summed E-state index contributed by atoms with van der Waals surface area (Å²) in [6.07, 6.45) is -1.84. The largest absolute Gasteiger partial charge is 0.416 e. The molecule has 0 aliphatic heterocycles. The molecule has 2 aromatic rings. The molecule has 1 amide bonds. The summed E-state index contributed by atoms with van der Waals surface area (Å²) in [5, 5.41) is 8.24. The third-order valence-electron chi connectivity index (χ3n) is 2.31. The molecule has 0 saturated carbocycles. The summed E-state index contributed by atoms with van der Waals surface area (Å²) in [5.41, 5.74) is -0.532. The summed E-state index contributed by atoms with van der Waals surface area (Å²) in [6, 6.07) is 2.70. The average molecular weight is 290 g/mol. The lowest BCUT2D eigenvalue weighted by molar-refractivity contribution is -0.137. The lowest BCUT2D eigenvalue weighted by Crippen LogP contribution is -2.12. The second kappa shape index (κ2) is 4.93. The number of benzene rings is 1. The molecule has 0 aliphatic carbocycles. The molecule has 0 saturated heterocycles. The summed E-state index contributed by atoms with van der Waals surface area (Å²) in [4.78, 5) is 11.7. The van der Waals surface area contributed by atoms with Gasteiger partial charge in [-0.05, 0) is 18.2 Å². The number of halogens is 4. The monoisotopic (exact) mass is 289 g/mol. The van der Waals surface area contributed by atoms with Crippen molar-refractivity contribution in [1.29, 1.82) is 0 Å². The summed E-state index contributed by atoms with van der Waals surface area (Å²) >= 11 is 5.70. The van der Waals surface area contributed by atoms with E-state index >= 15 is 0 Å². The van der Waals surface area contributed by atoms with Crippen molar-refractivity contribution in [3.63, 3.8) is 0 Å². The summed E-state index contributed by atoms with van der Waals surface area (Å²) in [7, 11) is 0. The molecule has 2 rings (SSSR count). The number of aromatic amines is 1. The number of hydrogen-bond acceptors (Lipinski definition) is 2. The number of carbonyl (C=O) groups excluding carboxylic acids is 1. The van der Waals surface area contributed by atoms with Crippen LogP contribution in [0.5, 0.6) is 0 Å². The number of rotatable bonds is 2. The fourth-order valence-corrected chi connectivity index (χ4v) is 1.59. The number of nitrogens with zero attached hydrogens (tertiary/aromatic N) is 1. The lowest BCUT2D eigenvalue weighted by atomic mass is 10.2. The Kier molecular flexibility index (Phi) is 3.48. The Labute approximate surface area is 110 Å². The van der Waals surface area contributed by atoms with E-state index in [1.165, 1.54) is 12.4 Å². The molecule has 0 fully saturated rings. The third kappa shape index (κ3) is 3.05. The fraction of sp³-hybridized carbons (Fsp3) is 0.0909. The van der Waals surface area contributed by atoms with E-state index in [1.54, 1.807) is 0 Å². The standard InChI is InChI=1S/C11H7ClF3N3O/c12-8-3-7(11(13,14)15)1-2-9(8)18-10(19)6-4-16-17-5-6/h1-5H,(H,16,17)(H,18,19). The average Bonchev–Trinajstić information content (AvgIpc) is 2.84. The molecule has 0 aliphatic rings. The number of hydrogen-bond donors (Lipinski definition) is 2. The van der Waals surface area contributed by atoms with Crippen molar-refractivity contribution in [1.82, 2.24) is 10.2 Å². The van der Waals surface area contributed by atoms with Crippen molar-refractivity contribution in [2.24, 2.45) is 0 Å². The van der Waals surface area contributed by atoms with Gasteiger partial charge in [0, 0.05) is 6.20 Å². The fourth-order valence-electron chi connectivity index (χ4n) is 1.36. The molecule has 0 unspecified atom stereocenters. The normalized spacial score (nSPS) is 11.4. The molecule has 2 N–H and O–H groups in total. The SMILES string of the molecule is O=C(Nc1ccc(C(F)(F)F)cc1Cl)c1cn[nH]c1. The minimum Gasteiger partial charge on any atom is -0.321 e. The van der Waals surface area contributed by atoms with Crippen LogP contribution in [0, 0.1) is 0 Å². The summed E-state index contributed by atoms with van der Waals surface area (Å²) < 4.78 is 37.3. The number of H-pyrrole nitrogens is 1. The number of amides is 1. The van der Waals surface area contributed by atoms with E-state index in [9.17, 15) is 18.0 Å². The van der Waals surface area contributed by atoms with Crippen molar-refractivity contribution >= 4 is 23.2 Å². The van der Waals surface area contributed by atoms with Gasteiger partial charge >= 0.3 is 6.18 Å². The van der Waals surface area contributed by atoms with Crippen LogP contribution in [0.1, 0.15) is 15.9 Å². The predicted octanol–water partition coefficient (Wildman–Crippen LogP) is 3.33. The number of anilines is 1. The highest BCUT2D eigenvalue weighted by molar-refractivity contribution is 6.34. The zero-order chi connectivity index (χ0) is 14.0. The second-order valence-corrected chi connectivity index (χ2v) is 4.04. The van der Waals surface area contributed by atoms with Crippen molar-refractivity contribution in [2.75, 3.05) is 5.32 Å². The zero-order valence-corrected chi connectivity index (χ0v) is 10.0. The number of nitrogens with one attached hydrogen (secondary N) is 2. The van der Waals surface area contributed by atoms with Gasteiger partial charge < -0.3 is 5.32 Å². The molecule has 0 atom stereocenters. The van der Waals surface area contributed by atoms with Crippen molar-refractivity contribution in [2.45, 2.75) is 6.18 Å². The third-order valence-corrected chi connectivity index (χ3v) is 2.62. The molecular formula is C11H7ClF3N3O. The highest BCUT2D eigenvalue weighted by Gasteiger charge is 2.31. The Morgan fingerprint density at radius 3 is 2.63 bits per heavy atom. The predicted molar refractivity (Wildman–Crippen MR) is 63.0 cm³/mol. The maximum Gasteiger partial charge on any atom is 0.416 e. The molecule has 0 radical (unpaired) electrons. The molecular weight excluding hydrogens is 283 g/mol. The highest BCUT2D eigenvalue weighted by Crippen LogP contribution is 2.33. The first kappa shape index (κ1) is 13.4. The van der Waals surface area contributed by atoms with Gasteiger partial charge in [0.15, 0.2) is 0 Å². The Balaban J connectivity index is 2.21. The van der Waals surface area contributed by atoms with Gasteiger partial charge in [0.2, 0.25) is 0 Å². The van der Waals surface area contributed by atoms with Gasteiger partial charge in [0.05, 0.1) is 28.0 Å². The van der Waals surface area contributed by atoms with Crippen LogP contribution in [-0.4, -0.2) is 16.1 Å². The molecule has 0 bridgehead atoms. The summed E-state index contributed by atoms with van der Waals surface area (Å²) in [6.45, 7) is 0. The molecule has 4 nitrogen and oxygen atoms in total. The smallest absolute Gasteiger partial charge is 0.321 e. The van der Waals surface area contributed by atoms with E-state index in [0.717, 1.165) is 18.2 Å². The number of carbonyl (C=O) groups is 1. The minimum atomic E-state index is -4.48. The first-order chi connectivity index (χ1) is 8.88. The van der Waals surface area contributed by atoms with Crippen molar-refractivity contribution < 1.29 is 18.0 Å². The van der Waals surface area contributed by atoms with E-state index in [2.05, 4.69) is 15.5 Å². The van der Waals surface area contributed by atoms with E-state index < -0.39 is 17.6 Å². The van der Waals surface area contributed by atoms with Crippen LogP contribution >= 0.6 is 11.6 Å². The number of aromatic nitrogens is 2. The van der Waals surface area contributed by atoms with Crippen LogP contribution in [0.3, 0.4) is 0 Å². The van der Waals surface area contributed by atoms with Gasteiger partial charge in [-0.3, -0.25) is 9.89 Å². The van der Waals surface area contributed by atoms with Gasteiger partial charge in [-0.25, -0.2) is 0 Å². The summed E-state index contributed by atoms with van der Waals surface area (Å²) in [5.74, 6) is -0.518. The van der Waals surface area contributed by atoms with E-state index in [1.807, 2.05) is 0 Å². The van der Waals surface area contributed by atoms with E-state index in [-0.39, 0.29) is 16.3 Å². The van der Waals surface area contributed by atoms with Crippen LogP contribution in [0.4, 0.5) is 18.9 Å². The molecule has 100 valence electrons. The van der Waals surface area contributed by atoms with Crippen molar-refractivity contribution in [3.05, 3.63) is 46.7 Å². The topological polar surface area (TPSA) is 57.8 Å². The first-order valence-electron chi connectivity index (χ1n) is 5.05.